The summed E-state index contributed by atoms with van der Waals surface area (Å²) in [5, 5.41) is 29.5. The van der Waals surface area contributed by atoms with Crippen molar-refractivity contribution in [3.05, 3.63) is 66.0 Å². The number of hydrogen-bond acceptors (Lipinski definition) is 8. The average Bonchev–Trinajstić information content (AvgIpc) is 2.70. The summed E-state index contributed by atoms with van der Waals surface area (Å²) in [6.45, 7) is 3.78. The first kappa shape index (κ1) is 21.0. The molecular weight excluding hydrogens is 433 g/mol. The molecule has 0 fully saturated rings. The zero-order chi connectivity index (χ0) is 22.0. The van der Waals surface area contributed by atoms with Gasteiger partial charge in [0, 0.05) is 6.07 Å². The first-order valence-electron chi connectivity index (χ1n) is 8.34. The first-order valence-corrected chi connectivity index (χ1v) is 9.09. The van der Waals surface area contributed by atoms with E-state index in [0.29, 0.717) is 5.56 Å². The Labute approximate surface area is 178 Å². The van der Waals surface area contributed by atoms with Crippen molar-refractivity contribution < 1.29 is 4.74 Å². The highest BCUT2D eigenvalue weighted by Gasteiger charge is 2.17. The number of nitriles is 2. The van der Waals surface area contributed by atoms with Crippen LogP contribution in [0.25, 0.3) is 5.69 Å². The minimum Gasteiger partial charge on any atom is -0.434 e. The molecule has 1 N–H and O–H groups in total. The summed E-state index contributed by atoms with van der Waals surface area (Å²) >= 11 is 12.5. The van der Waals surface area contributed by atoms with Crippen molar-refractivity contribution >= 4 is 23.2 Å². The van der Waals surface area contributed by atoms with Gasteiger partial charge in [-0.3, -0.25) is 9.78 Å². The molecule has 3 aromatic rings. The topological polar surface area (TPSA) is 150 Å². The summed E-state index contributed by atoms with van der Waals surface area (Å²) in [6.07, 6.45) is 0. The Morgan fingerprint density at radius 3 is 2.27 bits per heavy atom. The van der Waals surface area contributed by atoms with Crippen LogP contribution in [0.2, 0.25) is 10.0 Å². The van der Waals surface area contributed by atoms with Crippen molar-refractivity contribution in [2.75, 3.05) is 0 Å². The van der Waals surface area contributed by atoms with E-state index in [4.69, 9.17) is 38.5 Å². The summed E-state index contributed by atoms with van der Waals surface area (Å²) in [4.78, 5) is 25.5. The lowest BCUT2D eigenvalue weighted by Gasteiger charge is -2.13. The third-order valence-electron chi connectivity index (χ3n) is 3.90. The minimum absolute atomic E-state index is 0.00154. The van der Waals surface area contributed by atoms with Crippen LogP contribution < -0.4 is 16.0 Å². The number of rotatable bonds is 4. The number of aromatic nitrogens is 5. The number of benzene rings is 1. The summed E-state index contributed by atoms with van der Waals surface area (Å²) < 4.78 is 6.43. The van der Waals surface area contributed by atoms with Gasteiger partial charge in [0.1, 0.15) is 12.1 Å². The fraction of sp³-hybridized carbons (Fsp3) is 0.167. The highest BCUT2D eigenvalue weighted by molar-refractivity contribution is 6.37. The number of aromatic amines is 1. The third-order valence-corrected chi connectivity index (χ3v) is 4.46. The van der Waals surface area contributed by atoms with Gasteiger partial charge in [0.25, 0.3) is 5.56 Å². The van der Waals surface area contributed by atoms with Crippen molar-refractivity contribution in [2.45, 2.75) is 19.8 Å². The van der Waals surface area contributed by atoms with Gasteiger partial charge >= 0.3 is 5.69 Å². The normalized spacial score (nSPS) is 10.5. The van der Waals surface area contributed by atoms with Crippen LogP contribution in [0.1, 0.15) is 36.7 Å². The van der Waals surface area contributed by atoms with Gasteiger partial charge in [0.2, 0.25) is 11.6 Å². The Balaban J connectivity index is 2.04. The van der Waals surface area contributed by atoms with E-state index in [9.17, 15) is 9.59 Å². The quantitative estimate of drug-likeness (QED) is 0.645. The van der Waals surface area contributed by atoms with Crippen LogP contribution in [0, 0.1) is 22.7 Å². The highest BCUT2D eigenvalue weighted by atomic mass is 35.5. The van der Waals surface area contributed by atoms with Gasteiger partial charge in [-0.05, 0) is 23.6 Å². The summed E-state index contributed by atoms with van der Waals surface area (Å²) in [5.41, 5.74) is -1.36. The molecular formula is C18H11Cl2N7O3. The molecule has 3 rings (SSSR count). The standard InChI is InChI=1S/C18H11Cl2N7O3/c1-8(2)10-5-15(25-24-13(10)6-21)30-16-11(19)3-9(4-12(16)20)27-18(29)23-17(28)14(7-22)26-27/h3-5,8H,1-2H3,(H,23,28,29). The van der Waals surface area contributed by atoms with Gasteiger partial charge in [-0.15, -0.1) is 15.3 Å². The van der Waals surface area contributed by atoms with E-state index in [2.05, 4.69) is 15.3 Å². The summed E-state index contributed by atoms with van der Waals surface area (Å²) in [5.74, 6) is 0.104. The minimum atomic E-state index is -0.906. The van der Waals surface area contributed by atoms with E-state index in [1.165, 1.54) is 12.1 Å². The number of nitrogens with one attached hydrogen (secondary N) is 1. The molecule has 0 atom stereocenters. The molecule has 12 heteroatoms. The fourth-order valence-electron chi connectivity index (χ4n) is 2.48. The van der Waals surface area contributed by atoms with Crippen LogP contribution in [-0.4, -0.2) is 25.0 Å². The highest BCUT2D eigenvalue weighted by Crippen LogP contribution is 2.38. The van der Waals surface area contributed by atoms with Crippen LogP contribution in [-0.2, 0) is 0 Å². The number of nitrogens with zero attached hydrogens (tertiary/aromatic N) is 6. The molecule has 0 amide bonds. The first-order chi connectivity index (χ1) is 14.2. The zero-order valence-corrected chi connectivity index (χ0v) is 17.0. The fourth-order valence-corrected chi connectivity index (χ4v) is 3.04. The SMILES string of the molecule is CC(C)c1cc(Oc2c(Cl)cc(-n3nc(C#N)c(=O)[nH]c3=O)cc2Cl)nnc1C#N. The third kappa shape index (κ3) is 4.01. The molecule has 0 aliphatic carbocycles. The van der Waals surface area contributed by atoms with E-state index in [1.54, 1.807) is 12.1 Å². The summed E-state index contributed by atoms with van der Waals surface area (Å²) in [7, 11) is 0. The molecule has 0 saturated heterocycles. The van der Waals surface area contributed by atoms with E-state index in [0.717, 1.165) is 4.68 Å². The second-order valence-electron chi connectivity index (χ2n) is 6.23. The Kier molecular flexibility index (Phi) is 5.83. The average molecular weight is 444 g/mol. The Morgan fingerprint density at radius 2 is 1.70 bits per heavy atom. The second kappa shape index (κ2) is 8.33. The number of ether oxygens (including phenoxy) is 1. The largest absolute Gasteiger partial charge is 0.434 e. The maximum absolute atomic E-state index is 12.0. The Bertz CT molecular complexity index is 1330. The Hall–Kier alpha value is -3.73. The predicted octanol–water partition coefficient (Wildman–Crippen LogP) is 2.68. The molecule has 0 aliphatic rings. The molecule has 0 saturated carbocycles. The van der Waals surface area contributed by atoms with E-state index in [1.807, 2.05) is 24.9 Å². The van der Waals surface area contributed by atoms with E-state index in [-0.39, 0.29) is 39.0 Å². The monoisotopic (exact) mass is 443 g/mol. The maximum Gasteiger partial charge on any atom is 0.349 e. The van der Waals surface area contributed by atoms with Gasteiger partial charge in [-0.1, -0.05) is 37.0 Å². The van der Waals surface area contributed by atoms with Crippen LogP contribution in [0.15, 0.2) is 27.8 Å². The molecule has 1 aromatic carbocycles. The van der Waals surface area contributed by atoms with Crippen molar-refractivity contribution in [3.8, 4) is 29.5 Å². The lowest BCUT2D eigenvalue weighted by molar-refractivity contribution is 0.453. The molecule has 0 radical (unpaired) electrons. The van der Waals surface area contributed by atoms with Crippen molar-refractivity contribution in [1.29, 1.82) is 10.5 Å². The Morgan fingerprint density at radius 1 is 1.07 bits per heavy atom. The smallest absolute Gasteiger partial charge is 0.349 e. The van der Waals surface area contributed by atoms with Crippen LogP contribution in [0.4, 0.5) is 0 Å². The van der Waals surface area contributed by atoms with Crippen molar-refractivity contribution in [1.82, 2.24) is 25.0 Å². The molecule has 2 aromatic heterocycles. The molecule has 30 heavy (non-hydrogen) atoms. The summed E-state index contributed by atoms with van der Waals surface area (Å²) in [6, 6.07) is 7.74. The number of halogens is 2. The molecule has 0 aliphatic heterocycles. The van der Waals surface area contributed by atoms with Crippen molar-refractivity contribution in [2.24, 2.45) is 0 Å². The van der Waals surface area contributed by atoms with Crippen LogP contribution >= 0.6 is 23.2 Å². The molecule has 0 bridgehead atoms. The van der Waals surface area contributed by atoms with E-state index < -0.39 is 16.9 Å². The zero-order valence-electron chi connectivity index (χ0n) is 15.5. The van der Waals surface area contributed by atoms with E-state index >= 15 is 0 Å². The van der Waals surface area contributed by atoms with Gasteiger partial charge in [0.15, 0.2) is 11.4 Å². The van der Waals surface area contributed by atoms with Crippen LogP contribution in [0.3, 0.4) is 0 Å². The van der Waals surface area contributed by atoms with Gasteiger partial charge in [-0.2, -0.15) is 15.2 Å². The van der Waals surface area contributed by atoms with Gasteiger partial charge < -0.3 is 4.74 Å². The number of H-pyrrole nitrogens is 1. The van der Waals surface area contributed by atoms with Crippen molar-refractivity contribution in [3.63, 3.8) is 0 Å². The predicted molar refractivity (Wildman–Crippen MR) is 106 cm³/mol. The second-order valence-corrected chi connectivity index (χ2v) is 7.04. The molecule has 0 spiro atoms. The molecule has 150 valence electrons. The maximum atomic E-state index is 12.0. The lowest BCUT2D eigenvalue weighted by Crippen LogP contribution is -2.33. The molecule has 10 nitrogen and oxygen atoms in total. The van der Waals surface area contributed by atoms with Crippen LogP contribution in [0.5, 0.6) is 11.6 Å². The lowest BCUT2D eigenvalue weighted by atomic mass is 10.0. The van der Waals surface area contributed by atoms with Gasteiger partial charge in [-0.25, -0.2) is 4.79 Å². The van der Waals surface area contributed by atoms with Gasteiger partial charge in [0.05, 0.1) is 15.7 Å². The molecule has 0 unspecified atom stereocenters. The number of hydrogen-bond donors (Lipinski definition) is 1. The molecule has 2 heterocycles.